The minimum Gasteiger partial charge on any atom is -0.324 e. The van der Waals surface area contributed by atoms with E-state index in [1.165, 1.54) is 11.3 Å². The Morgan fingerprint density at radius 1 is 1.35 bits per heavy atom. The highest BCUT2D eigenvalue weighted by Gasteiger charge is 2.32. The lowest BCUT2D eigenvalue weighted by Crippen LogP contribution is -3.18. The number of nitrogens with one attached hydrogen (secondary N) is 2. The fourth-order valence-electron chi connectivity index (χ4n) is 3.19. The maximum atomic E-state index is 12.4. The Kier molecular flexibility index (Phi) is 5.22. The van der Waals surface area contributed by atoms with Crippen molar-refractivity contribution in [2.75, 3.05) is 18.4 Å². The third-order valence-corrected chi connectivity index (χ3v) is 4.62. The summed E-state index contributed by atoms with van der Waals surface area (Å²) in [5, 5.41) is 3.02. The van der Waals surface area contributed by atoms with Crippen LogP contribution in [0.25, 0.3) is 0 Å². The van der Waals surface area contributed by atoms with E-state index in [2.05, 4.69) is 35.1 Å². The Morgan fingerprint density at radius 2 is 2.00 bits per heavy atom. The standard InChI is InChI=1S/C16H23BrN2O/c1-11-7-12(2)10-19(9-11)13(3)16(20)18-15-6-4-5-14(17)8-15/h4-6,8,11-13H,7,9-10H2,1-3H3,(H,18,20)/p+1/t11-,12-,13-/m0/s1. The molecule has 1 saturated heterocycles. The second-order valence-electron chi connectivity index (χ2n) is 6.23. The lowest BCUT2D eigenvalue weighted by molar-refractivity contribution is -0.925. The number of amides is 1. The molecule has 4 heteroatoms. The van der Waals surface area contributed by atoms with Crippen molar-refractivity contribution in [1.82, 2.24) is 0 Å². The first-order valence-electron chi connectivity index (χ1n) is 7.36. The molecule has 0 bridgehead atoms. The highest BCUT2D eigenvalue weighted by molar-refractivity contribution is 9.10. The summed E-state index contributed by atoms with van der Waals surface area (Å²) >= 11 is 3.42. The van der Waals surface area contributed by atoms with Gasteiger partial charge >= 0.3 is 0 Å². The SMILES string of the molecule is C[C@H]1C[C@H](C)C[NH+]([C@@H](C)C(=O)Nc2cccc(Br)c2)C1. The molecule has 0 unspecified atom stereocenters. The van der Waals surface area contributed by atoms with Gasteiger partial charge in [-0.3, -0.25) is 4.79 Å². The van der Waals surface area contributed by atoms with E-state index in [1.54, 1.807) is 0 Å². The van der Waals surface area contributed by atoms with E-state index < -0.39 is 0 Å². The van der Waals surface area contributed by atoms with Gasteiger partial charge in [0.05, 0.1) is 13.1 Å². The smallest absolute Gasteiger partial charge is 0.282 e. The van der Waals surface area contributed by atoms with Crippen LogP contribution in [0.15, 0.2) is 28.7 Å². The predicted molar refractivity (Wildman–Crippen MR) is 85.9 cm³/mol. The van der Waals surface area contributed by atoms with Crippen molar-refractivity contribution in [2.24, 2.45) is 11.8 Å². The number of rotatable bonds is 3. The molecule has 0 aromatic heterocycles. The maximum Gasteiger partial charge on any atom is 0.282 e. The Labute approximate surface area is 129 Å². The molecule has 1 aliphatic rings. The summed E-state index contributed by atoms with van der Waals surface area (Å²) in [7, 11) is 0. The molecule has 110 valence electrons. The number of anilines is 1. The number of quaternary nitrogens is 1. The number of carbonyl (C=O) groups is 1. The van der Waals surface area contributed by atoms with Gasteiger partial charge in [-0.05, 0) is 31.5 Å². The molecule has 0 saturated carbocycles. The first-order chi connectivity index (χ1) is 9.45. The Morgan fingerprint density at radius 3 is 2.60 bits per heavy atom. The fourth-order valence-corrected chi connectivity index (χ4v) is 3.59. The van der Waals surface area contributed by atoms with Crippen molar-refractivity contribution in [3.63, 3.8) is 0 Å². The van der Waals surface area contributed by atoms with E-state index in [9.17, 15) is 4.79 Å². The van der Waals surface area contributed by atoms with Crippen LogP contribution in [0.4, 0.5) is 5.69 Å². The van der Waals surface area contributed by atoms with Crippen molar-refractivity contribution in [1.29, 1.82) is 0 Å². The third-order valence-electron chi connectivity index (χ3n) is 4.12. The normalized spacial score (nSPS) is 27.9. The summed E-state index contributed by atoms with van der Waals surface area (Å²) in [6.45, 7) is 8.80. The average Bonchev–Trinajstić information content (AvgIpc) is 2.36. The molecule has 1 amide bonds. The second kappa shape index (κ2) is 6.72. The van der Waals surface area contributed by atoms with Crippen LogP contribution in [-0.2, 0) is 4.79 Å². The predicted octanol–water partition coefficient (Wildman–Crippen LogP) is 2.34. The van der Waals surface area contributed by atoms with Crippen LogP contribution < -0.4 is 10.2 Å². The Hall–Kier alpha value is -0.870. The summed E-state index contributed by atoms with van der Waals surface area (Å²) < 4.78 is 0.982. The van der Waals surface area contributed by atoms with Crippen LogP contribution in [0, 0.1) is 11.8 Å². The van der Waals surface area contributed by atoms with E-state index in [0.717, 1.165) is 23.2 Å². The maximum absolute atomic E-state index is 12.4. The minimum absolute atomic E-state index is 0.000758. The third kappa shape index (κ3) is 4.06. The first kappa shape index (κ1) is 15.5. The average molecular weight is 340 g/mol. The van der Waals surface area contributed by atoms with Crippen molar-refractivity contribution in [2.45, 2.75) is 33.2 Å². The van der Waals surface area contributed by atoms with Gasteiger partial charge in [0, 0.05) is 22.0 Å². The minimum atomic E-state index is -0.000758. The fraction of sp³-hybridized carbons (Fsp3) is 0.562. The summed E-state index contributed by atoms with van der Waals surface area (Å²) in [6.07, 6.45) is 1.28. The second-order valence-corrected chi connectivity index (χ2v) is 7.15. The molecule has 0 radical (unpaired) electrons. The summed E-state index contributed by atoms with van der Waals surface area (Å²) in [6, 6.07) is 7.74. The lowest BCUT2D eigenvalue weighted by Gasteiger charge is -2.35. The Bertz CT molecular complexity index is 467. The highest BCUT2D eigenvalue weighted by Crippen LogP contribution is 2.16. The molecule has 3 nitrogen and oxygen atoms in total. The zero-order chi connectivity index (χ0) is 14.7. The molecular weight excluding hydrogens is 316 g/mol. The van der Waals surface area contributed by atoms with E-state index in [0.29, 0.717) is 11.8 Å². The molecule has 1 aliphatic heterocycles. The molecule has 3 atom stereocenters. The molecule has 0 spiro atoms. The van der Waals surface area contributed by atoms with Crippen molar-refractivity contribution >= 4 is 27.5 Å². The summed E-state index contributed by atoms with van der Waals surface area (Å²) in [5.74, 6) is 1.52. The number of hydrogen-bond acceptors (Lipinski definition) is 1. The van der Waals surface area contributed by atoms with Gasteiger partial charge < -0.3 is 10.2 Å². The highest BCUT2D eigenvalue weighted by atomic mass is 79.9. The molecule has 0 aliphatic carbocycles. The topological polar surface area (TPSA) is 33.5 Å². The molecule has 1 fully saturated rings. The van der Waals surface area contributed by atoms with Crippen LogP contribution in [0.3, 0.4) is 0 Å². The van der Waals surface area contributed by atoms with Gasteiger partial charge in [0.15, 0.2) is 6.04 Å². The van der Waals surface area contributed by atoms with Gasteiger partial charge in [-0.2, -0.15) is 0 Å². The van der Waals surface area contributed by atoms with Crippen LogP contribution in [0.1, 0.15) is 27.2 Å². The molecule has 20 heavy (non-hydrogen) atoms. The van der Waals surface area contributed by atoms with Crippen molar-refractivity contribution in [3.8, 4) is 0 Å². The summed E-state index contributed by atoms with van der Waals surface area (Å²) in [5.41, 5.74) is 0.855. The largest absolute Gasteiger partial charge is 0.324 e. The first-order valence-corrected chi connectivity index (χ1v) is 8.16. The zero-order valence-corrected chi connectivity index (χ0v) is 14.0. The van der Waals surface area contributed by atoms with Gasteiger partial charge in [-0.15, -0.1) is 0 Å². The zero-order valence-electron chi connectivity index (χ0n) is 12.4. The van der Waals surface area contributed by atoms with Crippen LogP contribution >= 0.6 is 15.9 Å². The number of halogens is 1. The molecule has 2 rings (SSSR count). The molecule has 1 aromatic rings. The number of hydrogen-bond donors (Lipinski definition) is 2. The van der Waals surface area contributed by atoms with Gasteiger partial charge in [0.25, 0.3) is 5.91 Å². The number of carbonyl (C=O) groups excluding carboxylic acids is 1. The summed E-state index contributed by atoms with van der Waals surface area (Å²) in [4.78, 5) is 13.8. The van der Waals surface area contributed by atoms with Crippen molar-refractivity contribution < 1.29 is 9.69 Å². The monoisotopic (exact) mass is 339 g/mol. The van der Waals surface area contributed by atoms with Crippen LogP contribution in [0.5, 0.6) is 0 Å². The van der Waals surface area contributed by atoms with E-state index in [4.69, 9.17) is 0 Å². The van der Waals surface area contributed by atoms with Gasteiger partial charge in [0.1, 0.15) is 0 Å². The van der Waals surface area contributed by atoms with Crippen LogP contribution in [0.2, 0.25) is 0 Å². The van der Waals surface area contributed by atoms with E-state index >= 15 is 0 Å². The number of benzene rings is 1. The van der Waals surface area contributed by atoms with Crippen molar-refractivity contribution in [3.05, 3.63) is 28.7 Å². The number of piperidine rings is 1. The molecule has 2 N–H and O–H groups in total. The lowest BCUT2D eigenvalue weighted by atomic mass is 9.91. The molecule has 1 heterocycles. The Balaban J connectivity index is 1.98. The van der Waals surface area contributed by atoms with Gasteiger partial charge in [0.2, 0.25) is 0 Å². The molecule has 1 aromatic carbocycles. The quantitative estimate of drug-likeness (QED) is 0.870. The van der Waals surface area contributed by atoms with Crippen LogP contribution in [-0.4, -0.2) is 25.0 Å². The number of likely N-dealkylation sites (tertiary alicyclic amines) is 1. The van der Waals surface area contributed by atoms with Gasteiger partial charge in [-0.1, -0.05) is 35.8 Å². The van der Waals surface area contributed by atoms with Gasteiger partial charge in [-0.25, -0.2) is 0 Å². The molecular formula is C16H24BrN2O+. The van der Waals surface area contributed by atoms with E-state index in [-0.39, 0.29) is 11.9 Å². The van der Waals surface area contributed by atoms with E-state index in [1.807, 2.05) is 31.2 Å².